The number of nitrogens with zero attached hydrogens (tertiary/aromatic N) is 1. The van der Waals surface area contributed by atoms with Crippen molar-refractivity contribution in [3.63, 3.8) is 0 Å². The summed E-state index contributed by atoms with van der Waals surface area (Å²) in [5.41, 5.74) is 0.656. The van der Waals surface area contributed by atoms with Gasteiger partial charge < -0.3 is 15.2 Å². The molecular formula is C17H18N2O5S. The van der Waals surface area contributed by atoms with E-state index in [2.05, 4.69) is 5.32 Å². The van der Waals surface area contributed by atoms with Crippen LogP contribution >= 0.6 is 11.8 Å². The molecule has 0 spiro atoms. The van der Waals surface area contributed by atoms with Crippen LogP contribution in [0, 0.1) is 10.1 Å². The number of carbonyl (C=O) groups excluding carboxylic acids is 1. The summed E-state index contributed by atoms with van der Waals surface area (Å²) in [6.07, 6.45) is -0.672. The van der Waals surface area contributed by atoms with Gasteiger partial charge in [-0.05, 0) is 17.7 Å². The van der Waals surface area contributed by atoms with Crippen molar-refractivity contribution in [2.75, 3.05) is 23.9 Å². The molecule has 25 heavy (non-hydrogen) atoms. The molecular weight excluding hydrogens is 344 g/mol. The molecule has 0 aliphatic rings. The number of carbonyl (C=O) groups is 1. The maximum Gasteiger partial charge on any atom is 0.296 e. The van der Waals surface area contributed by atoms with E-state index in [1.165, 1.54) is 37.1 Å². The second kappa shape index (κ2) is 9.05. The zero-order valence-electron chi connectivity index (χ0n) is 13.5. The molecule has 0 heterocycles. The van der Waals surface area contributed by atoms with Crippen LogP contribution < -0.4 is 10.1 Å². The highest BCUT2D eigenvalue weighted by atomic mass is 32.2. The summed E-state index contributed by atoms with van der Waals surface area (Å²) in [6, 6.07) is 13.4. The van der Waals surface area contributed by atoms with Crippen LogP contribution in [0.5, 0.6) is 5.75 Å². The molecule has 0 saturated heterocycles. The Morgan fingerprint density at radius 3 is 2.68 bits per heavy atom. The summed E-state index contributed by atoms with van der Waals surface area (Å²) >= 11 is 1.25. The molecule has 2 N–H and O–H groups in total. The van der Waals surface area contributed by atoms with Gasteiger partial charge in [0.2, 0.25) is 5.91 Å². The number of benzene rings is 2. The molecule has 2 aromatic rings. The van der Waals surface area contributed by atoms with Crippen LogP contribution in [0.25, 0.3) is 0 Å². The molecule has 1 unspecified atom stereocenters. The van der Waals surface area contributed by atoms with Crippen molar-refractivity contribution in [1.82, 2.24) is 0 Å². The van der Waals surface area contributed by atoms with Crippen LogP contribution in [0.1, 0.15) is 11.7 Å². The number of hydrogen-bond donors (Lipinski definition) is 2. The van der Waals surface area contributed by atoms with Crippen molar-refractivity contribution in [3.05, 3.63) is 64.2 Å². The Balaban J connectivity index is 1.89. The molecule has 132 valence electrons. The fraction of sp³-hybridized carbons (Fsp3) is 0.235. The van der Waals surface area contributed by atoms with Crippen LogP contribution in [0.2, 0.25) is 0 Å². The van der Waals surface area contributed by atoms with Gasteiger partial charge in [-0.1, -0.05) is 30.3 Å². The fourth-order valence-corrected chi connectivity index (χ4v) is 2.91. The molecule has 7 nitrogen and oxygen atoms in total. The molecule has 0 saturated carbocycles. The number of methoxy groups -OCH3 is 1. The van der Waals surface area contributed by atoms with E-state index in [1.54, 1.807) is 0 Å². The van der Waals surface area contributed by atoms with Crippen LogP contribution in [-0.4, -0.2) is 34.6 Å². The van der Waals surface area contributed by atoms with E-state index < -0.39 is 11.0 Å². The topological polar surface area (TPSA) is 102 Å². The van der Waals surface area contributed by atoms with Gasteiger partial charge in [-0.3, -0.25) is 14.9 Å². The molecule has 8 heteroatoms. The number of thioether (sulfide) groups is 1. The standard InChI is InChI=1S/C17H18N2O5S/c1-24-13-7-8-14(15(9-13)19(22)23)18-17(21)11-25-10-16(20)12-5-3-2-4-6-12/h2-9,16,20H,10-11H2,1H3,(H,18,21). The molecule has 1 amide bonds. The van der Waals surface area contributed by atoms with Crippen molar-refractivity contribution in [1.29, 1.82) is 0 Å². The quantitative estimate of drug-likeness (QED) is 0.553. The molecule has 2 rings (SSSR count). The smallest absolute Gasteiger partial charge is 0.296 e. The summed E-state index contributed by atoms with van der Waals surface area (Å²) < 4.78 is 4.95. The molecule has 0 aliphatic heterocycles. The molecule has 1 atom stereocenters. The summed E-state index contributed by atoms with van der Waals surface area (Å²) in [5.74, 6) is 0.387. The third kappa shape index (κ3) is 5.47. The molecule has 0 aliphatic carbocycles. The highest BCUT2D eigenvalue weighted by molar-refractivity contribution is 7.99. The van der Waals surface area contributed by atoms with Crippen LogP contribution in [0.4, 0.5) is 11.4 Å². The van der Waals surface area contributed by atoms with Crippen LogP contribution in [-0.2, 0) is 4.79 Å². The number of anilines is 1. The third-order valence-corrected chi connectivity index (χ3v) is 4.39. The summed E-state index contributed by atoms with van der Waals surface area (Å²) in [5, 5.41) is 23.7. The van der Waals surface area contributed by atoms with Gasteiger partial charge in [0.1, 0.15) is 11.4 Å². The number of aliphatic hydroxyl groups excluding tert-OH is 1. The van der Waals surface area contributed by atoms with E-state index in [1.807, 2.05) is 30.3 Å². The van der Waals surface area contributed by atoms with Gasteiger partial charge in [0, 0.05) is 5.75 Å². The zero-order valence-corrected chi connectivity index (χ0v) is 14.4. The Morgan fingerprint density at radius 1 is 1.32 bits per heavy atom. The largest absolute Gasteiger partial charge is 0.496 e. The average Bonchev–Trinajstić information content (AvgIpc) is 2.62. The highest BCUT2D eigenvalue weighted by Gasteiger charge is 2.17. The number of nitrogens with one attached hydrogen (secondary N) is 1. The number of nitro groups is 1. The van der Waals surface area contributed by atoms with Gasteiger partial charge in [0.25, 0.3) is 5.69 Å². The number of hydrogen-bond acceptors (Lipinski definition) is 6. The lowest BCUT2D eigenvalue weighted by Gasteiger charge is -2.11. The SMILES string of the molecule is COc1ccc(NC(=O)CSCC(O)c2ccccc2)c([N+](=O)[O-])c1. The Kier molecular flexibility index (Phi) is 6.79. The summed E-state index contributed by atoms with van der Waals surface area (Å²) in [6.45, 7) is 0. The minimum atomic E-state index is -0.672. The van der Waals surface area contributed by atoms with Crippen molar-refractivity contribution in [2.24, 2.45) is 0 Å². The van der Waals surface area contributed by atoms with Crippen LogP contribution in [0.15, 0.2) is 48.5 Å². The van der Waals surface area contributed by atoms with E-state index in [9.17, 15) is 20.0 Å². The second-order valence-corrected chi connectivity index (χ2v) is 6.16. The predicted octanol–water partition coefficient (Wildman–Crippen LogP) is 3.01. The Hall–Kier alpha value is -2.58. The monoisotopic (exact) mass is 362 g/mol. The van der Waals surface area contributed by atoms with Crippen molar-refractivity contribution >= 4 is 29.0 Å². The fourth-order valence-electron chi connectivity index (χ4n) is 2.12. The van der Waals surface area contributed by atoms with E-state index >= 15 is 0 Å². The first-order chi connectivity index (χ1) is 12.0. The number of nitro benzene ring substituents is 1. The maximum atomic E-state index is 12.0. The van der Waals surface area contributed by atoms with Crippen molar-refractivity contribution in [2.45, 2.75) is 6.10 Å². The van der Waals surface area contributed by atoms with E-state index in [0.29, 0.717) is 11.5 Å². The number of amides is 1. The van der Waals surface area contributed by atoms with Gasteiger partial charge >= 0.3 is 0 Å². The average molecular weight is 362 g/mol. The first-order valence-electron chi connectivity index (χ1n) is 7.44. The highest BCUT2D eigenvalue weighted by Crippen LogP contribution is 2.29. The zero-order chi connectivity index (χ0) is 18.2. The predicted molar refractivity (Wildman–Crippen MR) is 97.0 cm³/mol. The number of rotatable bonds is 8. The van der Waals surface area contributed by atoms with Gasteiger partial charge in [-0.15, -0.1) is 11.8 Å². The van der Waals surface area contributed by atoms with Crippen molar-refractivity contribution < 1.29 is 19.6 Å². The Morgan fingerprint density at radius 2 is 2.04 bits per heavy atom. The third-order valence-electron chi connectivity index (χ3n) is 3.37. The first-order valence-corrected chi connectivity index (χ1v) is 8.59. The Labute approximate surface area is 149 Å². The molecule has 0 aromatic heterocycles. The number of aliphatic hydroxyl groups is 1. The minimum Gasteiger partial charge on any atom is -0.496 e. The molecule has 0 fully saturated rings. The van der Waals surface area contributed by atoms with Gasteiger partial charge in [0.05, 0.1) is 30.0 Å². The van der Waals surface area contributed by atoms with Crippen molar-refractivity contribution in [3.8, 4) is 5.75 Å². The van der Waals surface area contributed by atoms with Crippen LogP contribution in [0.3, 0.4) is 0 Å². The normalized spacial score (nSPS) is 11.6. The molecule has 0 radical (unpaired) electrons. The van der Waals surface area contributed by atoms with Gasteiger partial charge in [-0.2, -0.15) is 0 Å². The molecule has 0 bridgehead atoms. The lowest BCUT2D eigenvalue weighted by Crippen LogP contribution is -2.16. The van der Waals surface area contributed by atoms with E-state index in [0.717, 1.165) is 5.56 Å². The number of ether oxygens (including phenoxy) is 1. The van der Waals surface area contributed by atoms with E-state index in [4.69, 9.17) is 4.74 Å². The van der Waals surface area contributed by atoms with E-state index in [-0.39, 0.29) is 23.0 Å². The minimum absolute atomic E-state index is 0.0765. The summed E-state index contributed by atoms with van der Waals surface area (Å²) in [4.78, 5) is 22.5. The second-order valence-electron chi connectivity index (χ2n) is 5.13. The Bertz CT molecular complexity index is 739. The van der Waals surface area contributed by atoms with Gasteiger partial charge in [0.15, 0.2) is 0 Å². The maximum absolute atomic E-state index is 12.0. The lowest BCUT2D eigenvalue weighted by atomic mass is 10.1. The molecule has 2 aromatic carbocycles. The van der Waals surface area contributed by atoms with Gasteiger partial charge in [-0.25, -0.2) is 0 Å². The first kappa shape index (κ1) is 18.8. The summed E-state index contributed by atoms with van der Waals surface area (Å²) in [7, 11) is 1.41. The lowest BCUT2D eigenvalue weighted by molar-refractivity contribution is -0.384.